The largest absolute Gasteiger partial charge is 0.343 e. The van der Waals surface area contributed by atoms with Crippen molar-refractivity contribution in [3.63, 3.8) is 0 Å². The molecule has 0 radical (unpaired) electrons. The Balaban J connectivity index is 2.26. The maximum atomic E-state index is 12.0. The van der Waals surface area contributed by atoms with Gasteiger partial charge in [-0.1, -0.05) is 34.8 Å². The number of rotatable bonds is 3. The maximum Gasteiger partial charge on any atom is 0.343 e. The van der Waals surface area contributed by atoms with Gasteiger partial charge in [-0.05, 0) is 31.5 Å². The van der Waals surface area contributed by atoms with Gasteiger partial charge in [-0.25, -0.2) is 4.79 Å². The minimum Gasteiger partial charge on any atom is -0.340 e. The third kappa shape index (κ3) is 3.38. The van der Waals surface area contributed by atoms with E-state index in [2.05, 4.69) is 9.50 Å². The quantitative estimate of drug-likeness (QED) is 0.664. The first-order valence-electron chi connectivity index (χ1n) is 5.67. The van der Waals surface area contributed by atoms with Crippen LogP contribution in [0.25, 0.3) is 0 Å². The van der Waals surface area contributed by atoms with Gasteiger partial charge in [0.25, 0.3) is 0 Å². The Morgan fingerprint density at radius 3 is 2.45 bits per heavy atom. The van der Waals surface area contributed by atoms with Crippen LogP contribution in [0.15, 0.2) is 17.0 Å². The summed E-state index contributed by atoms with van der Waals surface area (Å²) >= 11 is 17.3. The van der Waals surface area contributed by atoms with Crippen LogP contribution in [0, 0.1) is 0 Å². The average Bonchev–Trinajstić information content (AvgIpc) is 2.86. The highest BCUT2D eigenvalue weighted by Gasteiger charge is 2.30. The van der Waals surface area contributed by atoms with E-state index in [0.29, 0.717) is 13.0 Å². The van der Waals surface area contributed by atoms with Gasteiger partial charge >= 0.3 is 16.1 Å². The monoisotopic (exact) mass is 357 g/mol. The molecular weight excluding hydrogens is 349 g/mol. The van der Waals surface area contributed by atoms with Gasteiger partial charge in [-0.3, -0.25) is 0 Å². The Labute approximate surface area is 131 Å². The van der Waals surface area contributed by atoms with Gasteiger partial charge in [-0.2, -0.15) is 8.42 Å². The molecule has 0 aliphatic carbocycles. The molecule has 1 aromatic rings. The maximum absolute atomic E-state index is 12.0. The number of hydrogen-bond donors (Lipinski definition) is 1. The summed E-state index contributed by atoms with van der Waals surface area (Å²) in [7, 11) is -4.33. The van der Waals surface area contributed by atoms with Crippen LogP contribution in [0.5, 0.6) is 0 Å². The molecule has 0 amide bonds. The van der Waals surface area contributed by atoms with Gasteiger partial charge in [0.05, 0.1) is 15.1 Å². The lowest BCUT2D eigenvalue weighted by Gasteiger charge is -2.11. The molecule has 0 unspecified atom stereocenters. The molecule has 1 aromatic carbocycles. The van der Waals surface area contributed by atoms with Crippen LogP contribution in [-0.4, -0.2) is 27.0 Å². The van der Waals surface area contributed by atoms with Crippen LogP contribution in [0.1, 0.15) is 12.8 Å². The molecule has 0 saturated carbocycles. The van der Waals surface area contributed by atoms with Crippen molar-refractivity contribution in [2.24, 2.45) is 0 Å². The van der Waals surface area contributed by atoms with Gasteiger partial charge in [0, 0.05) is 0 Å². The van der Waals surface area contributed by atoms with E-state index in [0.717, 1.165) is 12.5 Å². The van der Waals surface area contributed by atoms with Crippen molar-refractivity contribution >= 4 is 50.9 Å². The highest BCUT2D eigenvalue weighted by Crippen LogP contribution is 2.32. The lowest BCUT2D eigenvalue weighted by atomic mass is 10.2. The van der Waals surface area contributed by atoms with Crippen LogP contribution in [0.3, 0.4) is 0 Å². The van der Waals surface area contributed by atoms with E-state index in [4.69, 9.17) is 34.8 Å². The standard InChI is InChI=1S/C11H10Cl3NO4S/c12-6-4-8(14)10(5-7(6)13)20(17,18)19-11(16)9-2-1-3-15-9/h4-5,9,15H,1-3H2/t9-/m0/s1. The zero-order valence-electron chi connectivity index (χ0n) is 10.0. The van der Waals surface area contributed by atoms with Crippen LogP contribution >= 0.6 is 34.8 Å². The average molecular weight is 359 g/mol. The molecule has 1 fully saturated rings. The molecule has 1 aliphatic rings. The van der Waals surface area contributed by atoms with Crippen LogP contribution in [0.2, 0.25) is 15.1 Å². The number of halogens is 3. The zero-order chi connectivity index (χ0) is 14.9. The summed E-state index contributed by atoms with van der Waals surface area (Å²) in [5.41, 5.74) is 0. The summed E-state index contributed by atoms with van der Waals surface area (Å²) in [6.45, 7) is 0.646. The summed E-state index contributed by atoms with van der Waals surface area (Å²) in [5, 5.41) is 2.80. The molecule has 0 bridgehead atoms. The molecular formula is C11H10Cl3NO4S. The van der Waals surface area contributed by atoms with Crippen molar-refractivity contribution in [3.8, 4) is 0 Å². The Kier molecular flexibility index (Phi) is 4.81. The normalized spacial score (nSPS) is 19.1. The van der Waals surface area contributed by atoms with Crippen molar-refractivity contribution in [1.29, 1.82) is 0 Å². The summed E-state index contributed by atoms with van der Waals surface area (Å²) < 4.78 is 28.6. The molecule has 0 spiro atoms. The molecule has 1 aliphatic heterocycles. The minimum atomic E-state index is -4.33. The lowest BCUT2D eigenvalue weighted by molar-refractivity contribution is -0.135. The van der Waals surface area contributed by atoms with Crippen LogP contribution in [-0.2, 0) is 19.1 Å². The number of carbonyl (C=O) groups excluding carboxylic acids is 1. The second-order valence-corrected chi connectivity index (χ2v) is 6.94. The lowest BCUT2D eigenvalue weighted by Crippen LogP contribution is -2.33. The number of carbonyl (C=O) groups is 1. The van der Waals surface area contributed by atoms with Gasteiger partial charge in [-0.15, -0.1) is 0 Å². The van der Waals surface area contributed by atoms with Gasteiger partial charge in [0.1, 0.15) is 10.9 Å². The first-order valence-corrected chi connectivity index (χ1v) is 8.22. The first-order chi connectivity index (χ1) is 9.31. The van der Waals surface area contributed by atoms with E-state index in [9.17, 15) is 13.2 Å². The van der Waals surface area contributed by atoms with Crippen molar-refractivity contribution < 1.29 is 17.4 Å². The molecule has 1 N–H and O–H groups in total. The van der Waals surface area contributed by atoms with Crippen molar-refractivity contribution in [3.05, 3.63) is 27.2 Å². The van der Waals surface area contributed by atoms with Gasteiger partial charge in [0.15, 0.2) is 0 Å². The predicted molar refractivity (Wildman–Crippen MR) is 75.8 cm³/mol. The van der Waals surface area contributed by atoms with E-state index in [1.807, 2.05) is 0 Å². The Hall–Kier alpha value is -0.530. The fraction of sp³-hybridized carbons (Fsp3) is 0.364. The summed E-state index contributed by atoms with van der Waals surface area (Å²) in [4.78, 5) is 11.3. The van der Waals surface area contributed by atoms with Crippen molar-refractivity contribution in [1.82, 2.24) is 5.32 Å². The van der Waals surface area contributed by atoms with E-state index < -0.39 is 22.1 Å². The fourth-order valence-electron chi connectivity index (χ4n) is 1.79. The molecule has 0 aromatic heterocycles. The van der Waals surface area contributed by atoms with Gasteiger partial charge in [0.2, 0.25) is 0 Å². The predicted octanol–water partition coefficient (Wildman–Crippen LogP) is 2.63. The highest BCUT2D eigenvalue weighted by molar-refractivity contribution is 7.87. The molecule has 5 nitrogen and oxygen atoms in total. The third-order valence-electron chi connectivity index (χ3n) is 2.78. The highest BCUT2D eigenvalue weighted by atomic mass is 35.5. The Morgan fingerprint density at radius 2 is 1.85 bits per heavy atom. The van der Waals surface area contributed by atoms with Crippen LogP contribution in [0.4, 0.5) is 0 Å². The van der Waals surface area contributed by atoms with E-state index in [-0.39, 0.29) is 20.0 Å². The summed E-state index contributed by atoms with van der Waals surface area (Å²) in [6, 6.07) is 1.61. The Bertz CT molecular complexity index is 641. The topological polar surface area (TPSA) is 72.5 Å². The van der Waals surface area contributed by atoms with Crippen molar-refractivity contribution in [2.45, 2.75) is 23.8 Å². The molecule has 1 atom stereocenters. The Morgan fingerprint density at radius 1 is 1.20 bits per heavy atom. The zero-order valence-corrected chi connectivity index (χ0v) is 13.1. The number of nitrogens with one attached hydrogen (secondary N) is 1. The third-order valence-corrected chi connectivity index (χ3v) is 5.19. The fourth-order valence-corrected chi connectivity index (χ4v) is 3.67. The molecule has 110 valence electrons. The van der Waals surface area contributed by atoms with E-state index >= 15 is 0 Å². The van der Waals surface area contributed by atoms with E-state index in [1.54, 1.807) is 0 Å². The SMILES string of the molecule is O=C(OS(=O)(=O)c1cc(Cl)c(Cl)cc1Cl)[C@@H]1CCCN1. The van der Waals surface area contributed by atoms with E-state index in [1.165, 1.54) is 6.07 Å². The molecule has 9 heteroatoms. The molecule has 1 heterocycles. The minimum absolute atomic E-state index is 0.00434. The number of benzene rings is 1. The second-order valence-electron chi connectivity index (χ2n) is 4.20. The summed E-state index contributed by atoms with van der Waals surface area (Å²) in [5.74, 6) is -0.857. The molecule has 20 heavy (non-hydrogen) atoms. The molecule has 1 saturated heterocycles. The number of hydrogen-bond acceptors (Lipinski definition) is 5. The smallest absolute Gasteiger partial charge is 0.340 e. The summed E-state index contributed by atoms with van der Waals surface area (Å²) in [6.07, 6.45) is 1.32. The second kappa shape index (κ2) is 6.07. The van der Waals surface area contributed by atoms with Crippen molar-refractivity contribution in [2.75, 3.05) is 6.54 Å². The molecule has 2 rings (SSSR count). The first kappa shape index (κ1) is 15.9. The van der Waals surface area contributed by atoms with Crippen LogP contribution < -0.4 is 5.32 Å². The van der Waals surface area contributed by atoms with Gasteiger partial charge < -0.3 is 9.50 Å².